The lowest BCUT2D eigenvalue weighted by molar-refractivity contribution is 0.669. The molecule has 8 aromatic carbocycles. The predicted octanol–water partition coefficient (Wildman–Crippen LogP) is 14.5. The van der Waals surface area contributed by atoms with Crippen molar-refractivity contribution in [3.8, 4) is 62.1 Å². The summed E-state index contributed by atoms with van der Waals surface area (Å²) in [6.45, 7) is 2.24. The SMILES string of the molecule is CCCCc1ccc2oc3c(-c4ccc5c6ccccc6n(-c6ccc(-c7cccc(-c8nc(-c9ccccc9)nc(-c9ccccc9)n8)c7)cc6)c5c4)cccc3c2c1. The molecule has 0 saturated carbocycles. The molecule has 3 heterocycles. The van der Waals surface area contributed by atoms with Gasteiger partial charge in [0.2, 0.25) is 0 Å². The molecule has 11 rings (SSSR count). The molecule has 5 nitrogen and oxygen atoms in total. The second kappa shape index (κ2) is 14.9. The van der Waals surface area contributed by atoms with Gasteiger partial charge in [0.15, 0.2) is 17.5 Å². The third-order valence-corrected chi connectivity index (χ3v) is 11.6. The van der Waals surface area contributed by atoms with Gasteiger partial charge in [0, 0.05) is 49.5 Å². The van der Waals surface area contributed by atoms with Gasteiger partial charge in [-0.15, -0.1) is 0 Å². The first-order chi connectivity index (χ1) is 29.7. The number of hydrogen-bond acceptors (Lipinski definition) is 4. The fourth-order valence-electron chi connectivity index (χ4n) is 8.60. The van der Waals surface area contributed by atoms with Gasteiger partial charge < -0.3 is 8.98 Å². The van der Waals surface area contributed by atoms with Gasteiger partial charge in [-0.25, -0.2) is 15.0 Å². The van der Waals surface area contributed by atoms with Crippen LogP contribution in [-0.2, 0) is 6.42 Å². The Morgan fingerprint density at radius 3 is 1.80 bits per heavy atom. The molecule has 0 N–H and O–H groups in total. The van der Waals surface area contributed by atoms with Gasteiger partial charge in [0.25, 0.3) is 0 Å². The van der Waals surface area contributed by atoms with E-state index >= 15 is 0 Å². The van der Waals surface area contributed by atoms with Crippen LogP contribution in [0.4, 0.5) is 0 Å². The molecule has 0 amide bonds. The second-order valence-corrected chi connectivity index (χ2v) is 15.5. The van der Waals surface area contributed by atoms with E-state index in [-0.39, 0.29) is 0 Å². The first-order valence-electron chi connectivity index (χ1n) is 20.7. The zero-order valence-electron chi connectivity index (χ0n) is 33.2. The molecule has 0 unspecified atom stereocenters. The van der Waals surface area contributed by atoms with Crippen molar-refractivity contribution in [3.05, 3.63) is 194 Å². The minimum absolute atomic E-state index is 0.636. The quantitative estimate of drug-likeness (QED) is 0.147. The molecule has 0 fully saturated rings. The number of benzene rings is 8. The van der Waals surface area contributed by atoms with E-state index in [0.717, 1.165) is 73.1 Å². The minimum atomic E-state index is 0.636. The fraction of sp³-hybridized carbons (Fsp3) is 0.0727. The molecule has 60 heavy (non-hydrogen) atoms. The van der Waals surface area contributed by atoms with Gasteiger partial charge in [0.1, 0.15) is 11.2 Å². The van der Waals surface area contributed by atoms with Gasteiger partial charge in [-0.1, -0.05) is 159 Å². The van der Waals surface area contributed by atoms with E-state index < -0.39 is 0 Å². The summed E-state index contributed by atoms with van der Waals surface area (Å²) >= 11 is 0. The van der Waals surface area contributed by atoms with Crippen molar-refractivity contribution in [3.63, 3.8) is 0 Å². The maximum atomic E-state index is 6.61. The number of aryl methyl sites for hydroxylation is 1. The summed E-state index contributed by atoms with van der Waals surface area (Å²) in [4.78, 5) is 14.8. The topological polar surface area (TPSA) is 56.7 Å². The lowest BCUT2D eigenvalue weighted by Crippen LogP contribution is -2.00. The van der Waals surface area contributed by atoms with E-state index in [1.54, 1.807) is 0 Å². The highest BCUT2D eigenvalue weighted by atomic mass is 16.3. The van der Waals surface area contributed by atoms with Crippen LogP contribution in [0.2, 0.25) is 0 Å². The Bertz CT molecular complexity index is 3290. The van der Waals surface area contributed by atoms with Gasteiger partial charge in [-0.2, -0.15) is 0 Å². The van der Waals surface area contributed by atoms with Gasteiger partial charge in [-0.05, 0) is 77.6 Å². The van der Waals surface area contributed by atoms with Crippen molar-refractivity contribution in [2.45, 2.75) is 26.2 Å². The van der Waals surface area contributed by atoms with Crippen LogP contribution < -0.4 is 0 Å². The van der Waals surface area contributed by atoms with Crippen LogP contribution in [0.3, 0.4) is 0 Å². The smallest absolute Gasteiger partial charge is 0.164 e. The summed E-state index contributed by atoms with van der Waals surface area (Å²) in [6.07, 6.45) is 3.45. The molecule has 3 aromatic heterocycles. The highest BCUT2D eigenvalue weighted by Gasteiger charge is 2.18. The van der Waals surface area contributed by atoms with Crippen LogP contribution in [0, 0.1) is 0 Å². The number of rotatable bonds is 9. The van der Waals surface area contributed by atoms with Crippen molar-refractivity contribution >= 4 is 43.7 Å². The third-order valence-electron chi connectivity index (χ3n) is 11.6. The molecule has 0 aliphatic heterocycles. The van der Waals surface area contributed by atoms with Crippen molar-refractivity contribution < 1.29 is 4.42 Å². The van der Waals surface area contributed by atoms with Crippen molar-refractivity contribution in [2.75, 3.05) is 0 Å². The van der Waals surface area contributed by atoms with E-state index in [4.69, 9.17) is 19.4 Å². The number of fused-ring (bicyclic) bond motifs is 6. The molecule has 0 bridgehead atoms. The molecule has 0 saturated heterocycles. The number of hydrogen-bond donors (Lipinski definition) is 0. The highest BCUT2D eigenvalue weighted by molar-refractivity contribution is 6.13. The first kappa shape index (κ1) is 35.5. The molecule has 0 spiro atoms. The van der Waals surface area contributed by atoms with Gasteiger partial charge in [0.05, 0.1) is 11.0 Å². The summed E-state index contributed by atoms with van der Waals surface area (Å²) in [5, 5.41) is 4.78. The summed E-state index contributed by atoms with van der Waals surface area (Å²) in [5.41, 5.74) is 13.9. The number of furan rings is 1. The Morgan fingerprint density at radius 2 is 1.05 bits per heavy atom. The van der Waals surface area contributed by atoms with E-state index in [9.17, 15) is 0 Å². The zero-order chi connectivity index (χ0) is 40.0. The van der Waals surface area contributed by atoms with Crippen molar-refractivity contribution in [1.82, 2.24) is 19.5 Å². The lowest BCUT2D eigenvalue weighted by Gasteiger charge is -2.11. The summed E-state index contributed by atoms with van der Waals surface area (Å²) < 4.78 is 8.99. The van der Waals surface area contributed by atoms with Gasteiger partial charge >= 0.3 is 0 Å². The second-order valence-electron chi connectivity index (χ2n) is 15.5. The molecule has 0 aliphatic carbocycles. The Balaban J connectivity index is 0.979. The molecule has 0 radical (unpaired) electrons. The normalized spacial score (nSPS) is 11.6. The number of aromatic nitrogens is 4. The van der Waals surface area contributed by atoms with Crippen LogP contribution in [-0.4, -0.2) is 19.5 Å². The fourth-order valence-corrected chi connectivity index (χ4v) is 8.60. The Hall–Kier alpha value is -7.63. The molecule has 0 atom stereocenters. The van der Waals surface area contributed by atoms with E-state index in [1.807, 2.05) is 60.7 Å². The lowest BCUT2D eigenvalue weighted by atomic mass is 10.00. The Labute approximate surface area is 348 Å². The van der Waals surface area contributed by atoms with Crippen LogP contribution in [0.1, 0.15) is 25.3 Å². The van der Waals surface area contributed by atoms with Crippen molar-refractivity contribution in [1.29, 1.82) is 0 Å². The van der Waals surface area contributed by atoms with E-state index in [1.165, 1.54) is 40.1 Å². The predicted molar refractivity (Wildman–Crippen MR) is 247 cm³/mol. The molecule has 11 aromatic rings. The van der Waals surface area contributed by atoms with Crippen LogP contribution in [0.25, 0.3) is 106 Å². The van der Waals surface area contributed by atoms with E-state index in [2.05, 4.69) is 139 Å². The van der Waals surface area contributed by atoms with Gasteiger partial charge in [-0.3, -0.25) is 0 Å². The van der Waals surface area contributed by atoms with Crippen LogP contribution in [0.15, 0.2) is 192 Å². The number of nitrogens with zero attached hydrogens (tertiary/aromatic N) is 4. The van der Waals surface area contributed by atoms with Crippen LogP contribution >= 0.6 is 0 Å². The van der Waals surface area contributed by atoms with Crippen LogP contribution in [0.5, 0.6) is 0 Å². The minimum Gasteiger partial charge on any atom is -0.455 e. The molecule has 286 valence electrons. The summed E-state index contributed by atoms with van der Waals surface area (Å²) in [6, 6.07) is 66.2. The molecular weight excluding hydrogens is 733 g/mol. The summed E-state index contributed by atoms with van der Waals surface area (Å²) in [7, 11) is 0. The standard InChI is InChI=1S/C55H40N4O/c1-2-3-14-36-25-32-51-48(33-36)47-23-13-22-44(52(47)60-51)41-28-31-46-45-21-10-11-24-49(45)59(50(46)35-41)43-29-26-37(27-30-43)40-19-12-20-42(34-40)55-57-53(38-15-6-4-7-16-38)56-54(58-55)39-17-8-5-9-18-39/h4-13,15-35H,2-3,14H2,1H3. The maximum absolute atomic E-state index is 6.61. The average Bonchev–Trinajstić information content (AvgIpc) is 3.86. The Morgan fingerprint density at radius 1 is 0.433 bits per heavy atom. The maximum Gasteiger partial charge on any atom is 0.164 e. The summed E-state index contributed by atoms with van der Waals surface area (Å²) in [5.74, 6) is 1.93. The number of para-hydroxylation sites is 2. The largest absolute Gasteiger partial charge is 0.455 e. The molecular formula is C55H40N4O. The monoisotopic (exact) mass is 772 g/mol. The van der Waals surface area contributed by atoms with Crippen molar-refractivity contribution in [2.24, 2.45) is 0 Å². The number of unbranched alkanes of at least 4 members (excludes halogenated alkanes) is 1. The molecule has 0 aliphatic rings. The Kier molecular flexibility index (Phi) is 8.85. The average molecular weight is 773 g/mol. The highest BCUT2D eigenvalue weighted by Crippen LogP contribution is 2.40. The zero-order valence-corrected chi connectivity index (χ0v) is 33.2. The third kappa shape index (κ3) is 6.32. The first-order valence-corrected chi connectivity index (χ1v) is 20.7. The van der Waals surface area contributed by atoms with E-state index in [0.29, 0.717) is 17.5 Å². The molecule has 5 heteroatoms.